The molecule has 0 spiro atoms. The number of benzene rings is 1. The molecule has 1 amide bonds. The number of aliphatic hydroxyl groups is 1. The van der Waals surface area contributed by atoms with Crippen molar-refractivity contribution in [2.45, 2.75) is 24.8 Å². The van der Waals surface area contributed by atoms with E-state index < -0.39 is 11.4 Å². The SMILES string of the molecule is Nc1cc(C(=O)NC2(CO)CCC2)c(Br)cc1F. The van der Waals surface area contributed by atoms with Crippen LogP contribution >= 0.6 is 15.9 Å². The van der Waals surface area contributed by atoms with Crippen LogP contribution in [0.25, 0.3) is 0 Å². The number of nitrogens with two attached hydrogens (primary N) is 1. The van der Waals surface area contributed by atoms with E-state index in [2.05, 4.69) is 21.2 Å². The lowest BCUT2D eigenvalue weighted by Crippen LogP contribution is -2.56. The van der Waals surface area contributed by atoms with Gasteiger partial charge in [-0.05, 0) is 47.3 Å². The van der Waals surface area contributed by atoms with E-state index in [9.17, 15) is 14.3 Å². The summed E-state index contributed by atoms with van der Waals surface area (Å²) < 4.78 is 13.5. The van der Waals surface area contributed by atoms with Gasteiger partial charge in [-0.1, -0.05) is 0 Å². The molecule has 0 heterocycles. The number of anilines is 1. The molecule has 0 saturated heterocycles. The quantitative estimate of drug-likeness (QED) is 0.744. The molecule has 4 N–H and O–H groups in total. The van der Waals surface area contributed by atoms with Crippen LogP contribution in [0.1, 0.15) is 29.6 Å². The predicted octanol–water partition coefficient (Wildman–Crippen LogP) is 1.82. The zero-order chi connectivity index (χ0) is 13.3. The lowest BCUT2D eigenvalue weighted by Gasteiger charge is -2.41. The van der Waals surface area contributed by atoms with Crippen LogP contribution in [0.15, 0.2) is 16.6 Å². The maximum absolute atomic E-state index is 13.2. The Balaban J connectivity index is 2.21. The highest BCUT2D eigenvalue weighted by Gasteiger charge is 2.38. The second-order valence-corrected chi connectivity index (χ2v) is 5.45. The molecule has 6 heteroatoms. The Hall–Kier alpha value is -1.14. The van der Waals surface area contributed by atoms with E-state index in [0.29, 0.717) is 4.47 Å². The maximum Gasteiger partial charge on any atom is 0.253 e. The molecular formula is C12H14BrFN2O2. The molecule has 1 saturated carbocycles. The number of carbonyl (C=O) groups excluding carboxylic acids is 1. The molecule has 0 radical (unpaired) electrons. The van der Waals surface area contributed by atoms with E-state index >= 15 is 0 Å². The smallest absolute Gasteiger partial charge is 0.253 e. The highest BCUT2D eigenvalue weighted by molar-refractivity contribution is 9.10. The summed E-state index contributed by atoms with van der Waals surface area (Å²) in [5.41, 5.74) is 5.11. The van der Waals surface area contributed by atoms with Crippen molar-refractivity contribution < 1.29 is 14.3 Å². The van der Waals surface area contributed by atoms with Crippen LogP contribution in [-0.2, 0) is 0 Å². The monoisotopic (exact) mass is 316 g/mol. The fourth-order valence-corrected chi connectivity index (χ4v) is 2.47. The number of nitrogen functional groups attached to an aromatic ring is 1. The fourth-order valence-electron chi connectivity index (χ4n) is 1.97. The van der Waals surface area contributed by atoms with Crippen molar-refractivity contribution in [1.29, 1.82) is 0 Å². The van der Waals surface area contributed by atoms with Crippen LogP contribution in [0.3, 0.4) is 0 Å². The van der Waals surface area contributed by atoms with Crippen LogP contribution in [0.2, 0.25) is 0 Å². The van der Waals surface area contributed by atoms with Crippen molar-refractivity contribution >= 4 is 27.5 Å². The standard InChI is InChI=1S/C12H14BrFN2O2/c13-8-5-9(14)10(15)4-7(8)11(18)16-12(6-17)2-1-3-12/h4-5,17H,1-3,6,15H2,(H,16,18). The average molecular weight is 317 g/mol. The number of hydrogen-bond donors (Lipinski definition) is 3. The first-order chi connectivity index (χ1) is 8.47. The Labute approximate surface area is 112 Å². The van der Waals surface area contributed by atoms with Crippen LogP contribution in [0.4, 0.5) is 10.1 Å². The minimum absolute atomic E-state index is 0.0741. The van der Waals surface area contributed by atoms with E-state index in [1.165, 1.54) is 6.07 Å². The number of nitrogens with one attached hydrogen (secondary N) is 1. The third kappa shape index (κ3) is 2.35. The molecule has 1 aliphatic rings. The van der Waals surface area contributed by atoms with Gasteiger partial charge in [0.05, 0.1) is 23.4 Å². The van der Waals surface area contributed by atoms with Crippen LogP contribution in [-0.4, -0.2) is 23.2 Å². The molecule has 1 aromatic rings. The number of aliphatic hydroxyl groups excluding tert-OH is 1. The van der Waals surface area contributed by atoms with E-state index in [0.717, 1.165) is 25.3 Å². The number of carbonyl (C=O) groups is 1. The van der Waals surface area contributed by atoms with Crippen molar-refractivity contribution in [3.05, 3.63) is 28.0 Å². The molecule has 0 aromatic heterocycles. The lowest BCUT2D eigenvalue weighted by molar-refractivity contribution is 0.0641. The van der Waals surface area contributed by atoms with Gasteiger partial charge in [-0.2, -0.15) is 0 Å². The van der Waals surface area contributed by atoms with Gasteiger partial charge in [-0.15, -0.1) is 0 Å². The van der Waals surface area contributed by atoms with Gasteiger partial charge < -0.3 is 16.2 Å². The highest BCUT2D eigenvalue weighted by Crippen LogP contribution is 2.32. The van der Waals surface area contributed by atoms with Crippen molar-refractivity contribution in [3.8, 4) is 0 Å². The molecule has 1 aromatic carbocycles. The second-order valence-electron chi connectivity index (χ2n) is 4.60. The van der Waals surface area contributed by atoms with Crippen molar-refractivity contribution in [1.82, 2.24) is 5.32 Å². The Morgan fingerprint density at radius 1 is 1.56 bits per heavy atom. The summed E-state index contributed by atoms with van der Waals surface area (Å²) in [7, 11) is 0. The van der Waals surface area contributed by atoms with Crippen molar-refractivity contribution in [2.75, 3.05) is 12.3 Å². The third-order valence-electron chi connectivity index (χ3n) is 3.32. The first-order valence-electron chi connectivity index (χ1n) is 5.65. The predicted molar refractivity (Wildman–Crippen MR) is 69.6 cm³/mol. The minimum atomic E-state index is -0.570. The highest BCUT2D eigenvalue weighted by atomic mass is 79.9. The largest absolute Gasteiger partial charge is 0.396 e. The normalized spacial score (nSPS) is 17.1. The number of rotatable bonds is 3. The number of halogens is 2. The van der Waals surface area contributed by atoms with Crippen LogP contribution < -0.4 is 11.1 Å². The average Bonchev–Trinajstić information content (AvgIpc) is 2.28. The number of amides is 1. The Kier molecular flexibility index (Phi) is 3.59. The summed E-state index contributed by atoms with van der Waals surface area (Å²) in [6.07, 6.45) is 2.49. The molecule has 0 bridgehead atoms. The van der Waals surface area contributed by atoms with Crippen LogP contribution in [0.5, 0.6) is 0 Å². The lowest BCUT2D eigenvalue weighted by atomic mass is 9.77. The van der Waals surface area contributed by atoms with Gasteiger partial charge in [-0.25, -0.2) is 4.39 Å². The molecule has 4 nitrogen and oxygen atoms in total. The molecule has 2 rings (SSSR count). The molecule has 0 unspecified atom stereocenters. The van der Waals surface area contributed by atoms with E-state index in [1.54, 1.807) is 0 Å². The zero-order valence-corrected chi connectivity index (χ0v) is 11.3. The zero-order valence-electron chi connectivity index (χ0n) is 9.67. The van der Waals surface area contributed by atoms with Crippen molar-refractivity contribution in [3.63, 3.8) is 0 Å². The fraction of sp³-hybridized carbons (Fsp3) is 0.417. The van der Waals surface area contributed by atoms with Gasteiger partial charge in [0.2, 0.25) is 0 Å². The maximum atomic E-state index is 13.2. The Morgan fingerprint density at radius 3 is 2.72 bits per heavy atom. The topological polar surface area (TPSA) is 75.4 Å². The first kappa shape index (κ1) is 13.3. The summed E-state index contributed by atoms with van der Waals surface area (Å²) in [4.78, 5) is 12.1. The van der Waals surface area contributed by atoms with Gasteiger partial charge >= 0.3 is 0 Å². The third-order valence-corrected chi connectivity index (χ3v) is 3.98. The van der Waals surface area contributed by atoms with Crippen LogP contribution in [0, 0.1) is 5.82 Å². The second kappa shape index (κ2) is 4.85. The van der Waals surface area contributed by atoms with Crippen molar-refractivity contribution in [2.24, 2.45) is 0 Å². The summed E-state index contributed by atoms with van der Waals surface area (Å²) in [5.74, 6) is -0.929. The van der Waals surface area contributed by atoms with Gasteiger partial charge in [0.25, 0.3) is 5.91 Å². The molecule has 0 atom stereocenters. The first-order valence-corrected chi connectivity index (χ1v) is 6.45. The van der Waals surface area contributed by atoms with Gasteiger partial charge in [0, 0.05) is 4.47 Å². The molecule has 0 aliphatic heterocycles. The molecule has 1 fully saturated rings. The van der Waals surface area contributed by atoms with E-state index in [4.69, 9.17) is 5.73 Å². The number of hydrogen-bond acceptors (Lipinski definition) is 3. The minimum Gasteiger partial charge on any atom is -0.396 e. The molecule has 1 aliphatic carbocycles. The molecular weight excluding hydrogens is 303 g/mol. The summed E-state index contributed by atoms with van der Waals surface area (Å²) in [6.45, 7) is -0.0902. The molecule has 98 valence electrons. The van der Waals surface area contributed by atoms with E-state index in [-0.39, 0.29) is 23.8 Å². The Bertz CT molecular complexity index is 484. The van der Waals surface area contributed by atoms with Gasteiger partial charge in [0.15, 0.2) is 0 Å². The summed E-state index contributed by atoms with van der Waals surface area (Å²) in [6, 6.07) is 2.45. The van der Waals surface area contributed by atoms with Gasteiger partial charge in [0.1, 0.15) is 5.82 Å². The summed E-state index contributed by atoms with van der Waals surface area (Å²) >= 11 is 3.13. The van der Waals surface area contributed by atoms with E-state index in [1.807, 2.05) is 0 Å². The Morgan fingerprint density at radius 2 is 2.22 bits per heavy atom. The molecule has 18 heavy (non-hydrogen) atoms. The summed E-state index contributed by atoms with van der Waals surface area (Å²) in [5, 5.41) is 12.1. The van der Waals surface area contributed by atoms with Gasteiger partial charge in [-0.3, -0.25) is 4.79 Å².